The second-order valence-corrected chi connectivity index (χ2v) is 20.1. The molecule has 0 unspecified atom stereocenters. The SMILES string of the molecule is CN[C@@H](C)C(=O)N[C@H](C(=O)N1C[C@@H](NC(=O)N[C@H]2C[C@@H](Cc3cccc4ccccc34)N(C(=O)[C@@H](NC(=O)[C@H](C)NC)C(C)(C)C)C2)C[C@H]1Cc1cccc2ccccc12)C(C)(C)C. The fourth-order valence-electron chi connectivity index (χ4n) is 9.26. The fourth-order valence-corrected chi connectivity index (χ4v) is 9.26. The molecule has 0 spiro atoms. The first-order chi connectivity index (χ1) is 30.3. The summed E-state index contributed by atoms with van der Waals surface area (Å²) in [6.45, 7) is 15.7. The van der Waals surface area contributed by atoms with Gasteiger partial charge in [-0.3, -0.25) is 19.2 Å². The Morgan fingerprint density at radius 1 is 0.562 bits per heavy atom. The molecule has 0 saturated carbocycles. The number of nitrogens with zero attached hydrogens (tertiary/aromatic N) is 2. The van der Waals surface area contributed by atoms with E-state index in [1.54, 1.807) is 27.9 Å². The van der Waals surface area contributed by atoms with Crippen molar-refractivity contribution < 1.29 is 24.0 Å². The van der Waals surface area contributed by atoms with Crippen molar-refractivity contribution in [3.05, 3.63) is 96.1 Å². The Kier molecular flexibility index (Phi) is 15.1. The number of hydrogen-bond donors (Lipinski definition) is 6. The van der Waals surface area contributed by atoms with Crippen LogP contribution in [0.3, 0.4) is 0 Å². The number of carbonyl (C=O) groups is 5. The van der Waals surface area contributed by atoms with Crippen molar-refractivity contribution in [3.8, 4) is 0 Å². The molecule has 6 rings (SSSR count). The van der Waals surface area contributed by atoms with Gasteiger partial charge in [-0.05, 0) is 97.1 Å². The molecule has 2 aliphatic heterocycles. The zero-order valence-electron chi connectivity index (χ0n) is 39.4. The van der Waals surface area contributed by atoms with Crippen molar-refractivity contribution in [1.29, 1.82) is 0 Å². The molecule has 13 nitrogen and oxygen atoms in total. The number of rotatable bonds is 14. The van der Waals surface area contributed by atoms with Gasteiger partial charge in [-0.1, -0.05) is 126 Å². The van der Waals surface area contributed by atoms with Crippen LogP contribution in [-0.4, -0.2) is 115 Å². The summed E-state index contributed by atoms with van der Waals surface area (Å²) >= 11 is 0. The predicted molar refractivity (Wildman–Crippen MR) is 255 cm³/mol. The largest absolute Gasteiger partial charge is 0.342 e. The molecular weight excluding hydrogens is 805 g/mol. The Bertz CT molecular complexity index is 2150. The summed E-state index contributed by atoms with van der Waals surface area (Å²) in [5.74, 6) is -0.905. The van der Waals surface area contributed by atoms with Crippen LogP contribution < -0.4 is 31.9 Å². The Morgan fingerprint density at radius 3 is 1.28 bits per heavy atom. The average Bonchev–Trinajstić information content (AvgIpc) is 3.85. The minimum Gasteiger partial charge on any atom is -0.342 e. The molecular formula is C51H70N8O5. The first kappa shape index (κ1) is 47.9. The number of amides is 6. The molecule has 344 valence electrons. The third-order valence-corrected chi connectivity index (χ3v) is 13.2. The van der Waals surface area contributed by atoms with Gasteiger partial charge in [0.1, 0.15) is 12.1 Å². The van der Waals surface area contributed by atoms with Crippen molar-refractivity contribution in [2.24, 2.45) is 10.8 Å². The van der Waals surface area contributed by atoms with Gasteiger partial charge in [-0.2, -0.15) is 0 Å². The van der Waals surface area contributed by atoms with Crippen LogP contribution in [0.1, 0.15) is 79.4 Å². The van der Waals surface area contributed by atoms with E-state index in [1.165, 1.54) is 0 Å². The van der Waals surface area contributed by atoms with E-state index >= 15 is 0 Å². The lowest BCUT2D eigenvalue weighted by Gasteiger charge is -2.36. The maximum absolute atomic E-state index is 14.7. The van der Waals surface area contributed by atoms with Crippen LogP contribution in [0, 0.1) is 10.8 Å². The van der Waals surface area contributed by atoms with Crippen molar-refractivity contribution in [2.75, 3.05) is 27.2 Å². The number of likely N-dealkylation sites (tertiary alicyclic amines) is 2. The van der Waals surface area contributed by atoms with Crippen LogP contribution in [0.25, 0.3) is 21.5 Å². The number of hydrogen-bond acceptors (Lipinski definition) is 7. The number of nitrogens with one attached hydrogen (secondary N) is 6. The van der Waals surface area contributed by atoms with Crippen molar-refractivity contribution in [3.63, 3.8) is 0 Å². The summed E-state index contributed by atoms with van der Waals surface area (Å²) in [5.41, 5.74) is 1.01. The zero-order chi connectivity index (χ0) is 46.5. The van der Waals surface area contributed by atoms with Crippen LogP contribution in [0.15, 0.2) is 84.9 Å². The van der Waals surface area contributed by atoms with E-state index in [-0.39, 0.29) is 66.9 Å². The standard InChI is InChI=1S/C51H70N8O5/c1-31(52-9)45(60)56-43(50(3,4)5)47(62)58-29-37(27-39(58)25-35-21-15-19-33-17-11-13-23-41(33)35)54-49(64)55-38-28-40(26-36-22-16-20-34-18-12-14-24-42(34)36)59(30-38)48(63)44(51(6,7)8)57-46(61)32(2)53-10/h11-24,31-32,37-40,43-44,52-53H,25-30H2,1-10H3,(H,56,60)(H,57,61)(H2,54,55,64)/t31-,32-,37-,38-,39+,40+,43+,44+/m0/s1. The molecule has 13 heteroatoms. The molecule has 8 atom stereocenters. The highest BCUT2D eigenvalue weighted by Gasteiger charge is 2.45. The Hall–Kier alpha value is -5.53. The van der Waals surface area contributed by atoms with Gasteiger partial charge in [0.05, 0.1) is 24.2 Å². The van der Waals surface area contributed by atoms with Gasteiger partial charge in [0, 0.05) is 25.2 Å². The lowest BCUT2D eigenvalue weighted by molar-refractivity contribution is -0.140. The average molecular weight is 875 g/mol. The molecule has 4 aromatic carbocycles. The highest BCUT2D eigenvalue weighted by atomic mass is 16.2. The topological polar surface area (TPSA) is 164 Å². The second kappa shape index (κ2) is 20.1. The molecule has 2 saturated heterocycles. The van der Waals surface area contributed by atoms with Crippen molar-refractivity contribution in [1.82, 2.24) is 41.7 Å². The lowest BCUT2D eigenvalue weighted by atomic mass is 9.85. The number of fused-ring (bicyclic) bond motifs is 2. The number of carbonyl (C=O) groups excluding carboxylic acids is 5. The minimum absolute atomic E-state index is 0.190. The zero-order valence-corrected chi connectivity index (χ0v) is 39.4. The quantitative estimate of drug-likeness (QED) is 0.100. The summed E-state index contributed by atoms with van der Waals surface area (Å²) in [6, 6.07) is 24.6. The molecule has 0 aliphatic carbocycles. The highest BCUT2D eigenvalue weighted by molar-refractivity contribution is 5.92. The van der Waals surface area contributed by atoms with Gasteiger partial charge >= 0.3 is 6.03 Å². The Morgan fingerprint density at radius 2 is 0.922 bits per heavy atom. The van der Waals surface area contributed by atoms with Gasteiger partial charge in [0.2, 0.25) is 23.6 Å². The second-order valence-electron chi connectivity index (χ2n) is 20.1. The van der Waals surface area contributed by atoms with Gasteiger partial charge in [0.25, 0.3) is 0 Å². The van der Waals surface area contributed by atoms with E-state index in [1.807, 2.05) is 87.7 Å². The first-order valence-corrected chi connectivity index (χ1v) is 22.9. The molecule has 64 heavy (non-hydrogen) atoms. The van der Waals surface area contributed by atoms with Crippen LogP contribution >= 0.6 is 0 Å². The molecule has 4 aromatic rings. The third kappa shape index (κ3) is 11.2. The van der Waals surface area contributed by atoms with E-state index in [0.29, 0.717) is 25.7 Å². The summed E-state index contributed by atoms with van der Waals surface area (Å²) in [4.78, 5) is 73.7. The first-order valence-electron chi connectivity index (χ1n) is 22.9. The number of urea groups is 1. The monoisotopic (exact) mass is 875 g/mol. The van der Waals surface area contributed by atoms with Crippen LogP contribution in [0.5, 0.6) is 0 Å². The van der Waals surface area contributed by atoms with Gasteiger partial charge in [-0.15, -0.1) is 0 Å². The van der Waals surface area contributed by atoms with E-state index in [2.05, 4.69) is 80.4 Å². The molecule has 0 bridgehead atoms. The summed E-state index contributed by atoms with van der Waals surface area (Å²) in [7, 11) is 3.42. The maximum atomic E-state index is 14.7. The molecule has 2 heterocycles. The van der Waals surface area contributed by atoms with Crippen LogP contribution in [0.4, 0.5) is 4.79 Å². The van der Waals surface area contributed by atoms with Gasteiger partial charge in [0.15, 0.2) is 0 Å². The minimum atomic E-state index is -0.803. The maximum Gasteiger partial charge on any atom is 0.315 e. The van der Waals surface area contributed by atoms with Gasteiger partial charge < -0.3 is 41.7 Å². The summed E-state index contributed by atoms with van der Waals surface area (Å²) in [5, 5.41) is 22.9. The van der Waals surface area contributed by atoms with Crippen molar-refractivity contribution in [2.45, 2.75) is 129 Å². The predicted octanol–water partition coefficient (Wildman–Crippen LogP) is 5.29. The van der Waals surface area contributed by atoms with E-state index < -0.39 is 35.0 Å². The highest BCUT2D eigenvalue weighted by Crippen LogP contribution is 2.32. The third-order valence-electron chi connectivity index (χ3n) is 13.2. The molecule has 6 amide bonds. The van der Waals surface area contributed by atoms with Gasteiger partial charge in [-0.25, -0.2) is 4.79 Å². The molecule has 2 aliphatic rings. The van der Waals surface area contributed by atoms with E-state index in [0.717, 1.165) is 32.7 Å². The number of benzene rings is 4. The Balaban J connectivity index is 1.24. The lowest BCUT2D eigenvalue weighted by Crippen LogP contribution is -2.58. The molecule has 6 N–H and O–H groups in total. The summed E-state index contributed by atoms with van der Waals surface area (Å²) < 4.78 is 0. The number of likely N-dealkylation sites (N-methyl/N-ethyl adjacent to an activating group) is 2. The van der Waals surface area contributed by atoms with E-state index in [4.69, 9.17) is 0 Å². The summed E-state index contributed by atoms with van der Waals surface area (Å²) in [6.07, 6.45) is 2.16. The molecule has 0 aromatic heterocycles. The van der Waals surface area contributed by atoms with Crippen molar-refractivity contribution >= 4 is 51.2 Å². The Labute approximate surface area is 379 Å². The van der Waals surface area contributed by atoms with Crippen LogP contribution in [0.2, 0.25) is 0 Å². The molecule has 0 radical (unpaired) electrons. The molecule has 2 fully saturated rings. The fraction of sp³-hybridized carbons (Fsp3) is 0.510. The normalized spacial score (nSPS) is 21.0. The van der Waals surface area contributed by atoms with Crippen LogP contribution in [-0.2, 0) is 32.0 Å². The van der Waals surface area contributed by atoms with E-state index in [9.17, 15) is 24.0 Å². The smallest absolute Gasteiger partial charge is 0.315 e.